The van der Waals surface area contributed by atoms with Crippen molar-refractivity contribution >= 4 is 0 Å². The summed E-state index contributed by atoms with van der Waals surface area (Å²) in [5.41, 5.74) is 9.94. The van der Waals surface area contributed by atoms with Crippen LogP contribution in [-0.4, -0.2) is 22.9 Å². The predicted octanol–water partition coefficient (Wildman–Crippen LogP) is 1.96. The second-order valence-electron chi connectivity index (χ2n) is 3.94. The van der Waals surface area contributed by atoms with E-state index in [2.05, 4.69) is 10.0 Å². The molecule has 0 aliphatic heterocycles. The van der Waals surface area contributed by atoms with Gasteiger partial charge in [-0.3, -0.25) is 0 Å². The fraction of sp³-hybridized carbons (Fsp3) is 0.417. The minimum atomic E-state index is -1.05. The third-order valence-corrected chi connectivity index (χ3v) is 2.67. The largest absolute Gasteiger partial charge is 0.390 e. The number of rotatable bonds is 5. The van der Waals surface area contributed by atoms with Gasteiger partial charge in [-0.05, 0) is 42.1 Å². The normalized spacial score (nSPS) is 13.2. The van der Waals surface area contributed by atoms with E-state index in [0.29, 0.717) is 11.1 Å². The van der Waals surface area contributed by atoms with Gasteiger partial charge in [-0.2, -0.15) is 5.26 Å². The third-order valence-electron chi connectivity index (χ3n) is 2.67. The average molecular weight is 246 g/mol. The second-order valence-corrected chi connectivity index (χ2v) is 3.94. The monoisotopic (exact) mass is 246 g/mol. The molecule has 0 fully saturated rings. The maximum Gasteiger partial charge on any atom is 0.105 e. The van der Waals surface area contributed by atoms with Crippen LogP contribution in [0.3, 0.4) is 0 Å². The summed E-state index contributed by atoms with van der Waals surface area (Å²) in [6.45, 7) is 1.89. The SMILES string of the molecule is Cc1cc(C#N)ccc1C(O)C(O)CCN=[N+]=[N-]. The van der Waals surface area contributed by atoms with Gasteiger partial charge in [0.05, 0.1) is 17.7 Å². The van der Waals surface area contributed by atoms with Gasteiger partial charge in [-0.1, -0.05) is 11.2 Å². The number of aryl methyl sites for hydroxylation is 1. The molecular weight excluding hydrogens is 232 g/mol. The minimum absolute atomic E-state index is 0.129. The van der Waals surface area contributed by atoms with Crippen molar-refractivity contribution in [3.63, 3.8) is 0 Å². The molecule has 0 aromatic heterocycles. The van der Waals surface area contributed by atoms with Crippen molar-refractivity contribution in [3.8, 4) is 6.07 Å². The van der Waals surface area contributed by atoms with E-state index in [0.717, 1.165) is 5.56 Å². The van der Waals surface area contributed by atoms with Crippen molar-refractivity contribution in [3.05, 3.63) is 45.3 Å². The lowest BCUT2D eigenvalue weighted by molar-refractivity contribution is 0.0147. The highest BCUT2D eigenvalue weighted by molar-refractivity contribution is 5.38. The first kappa shape index (κ1) is 14.0. The number of benzene rings is 1. The highest BCUT2D eigenvalue weighted by Gasteiger charge is 2.19. The number of aliphatic hydroxyl groups is 2. The number of azide groups is 1. The Bertz CT molecular complexity index is 503. The van der Waals surface area contributed by atoms with Crippen LogP contribution in [0.2, 0.25) is 0 Å². The Balaban J connectivity index is 2.80. The maximum absolute atomic E-state index is 9.97. The van der Waals surface area contributed by atoms with E-state index >= 15 is 0 Å². The van der Waals surface area contributed by atoms with E-state index in [1.54, 1.807) is 25.1 Å². The number of hydrogen-bond donors (Lipinski definition) is 2. The van der Waals surface area contributed by atoms with Crippen LogP contribution in [-0.2, 0) is 0 Å². The summed E-state index contributed by atoms with van der Waals surface area (Å²) in [5, 5.41) is 31.8. The highest BCUT2D eigenvalue weighted by atomic mass is 16.3. The summed E-state index contributed by atoms with van der Waals surface area (Å²) in [6.07, 6.45) is -1.86. The van der Waals surface area contributed by atoms with Crippen molar-refractivity contribution in [2.24, 2.45) is 5.11 Å². The van der Waals surface area contributed by atoms with Crippen LogP contribution < -0.4 is 0 Å². The molecule has 0 aliphatic carbocycles. The quantitative estimate of drug-likeness (QED) is 0.470. The van der Waals surface area contributed by atoms with Crippen LogP contribution in [0.4, 0.5) is 0 Å². The van der Waals surface area contributed by atoms with Crippen LogP contribution in [0.15, 0.2) is 23.3 Å². The van der Waals surface area contributed by atoms with Gasteiger partial charge in [-0.25, -0.2) is 0 Å². The zero-order chi connectivity index (χ0) is 13.5. The highest BCUT2D eigenvalue weighted by Crippen LogP contribution is 2.23. The molecule has 0 amide bonds. The molecule has 0 saturated carbocycles. The van der Waals surface area contributed by atoms with Crippen LogP contribution in [0, 0.1) is 18.3 Å². The van der Waals surface area contributed by atoms with Crippen LogP contribution >= 0.6 is 0 Å². The smallest absolute Gasteiger partial charge is 0.105 e. The molecule has 6 nitrogen and oxygen atoms in total. The number of hydrogen-bond acceptors (Lipinski definition) is 4. The van der Waals surface area contributed by atoms with Crippen molar-refractivity contribution in [2.75, 3.05) is 6.54 Å². The van der Waals surface area contributed by atoms with Gasteiger partial charge in [0.2, 0.25) is 0 Å². The zero-order valence-electron chi connectivity index (χ0n) is 9.98. The van der Waals surface area contributed by atoms with Crippen molar-refractivity contribution < 1.29 is 10.2 Å². The molecule has 0 bridgehead atoms. The summed E-state index contributed by atoms with van der Waals surface area (Å²) >= 11 is 0. The molecule has 6 heteroatoms. The van der Waals surface area contributed by atoms with E-state index in [9.17, 15) is 10.2 Å². The minimum Gasteiger partial charge on any atom is -0.390 e. The second kappa shape index (κ2) is 6.62. The zero-order valence-corrected chi connectivity index (χ0v) is 9.98. The first-order valence-corrected chi connectivity index (χ1v) is 5.47. The van der Waals surface area contributed by atoms with Crippen LogP contribution in [0.1, 0.15) is 29.2 Å². The summed E-state index contributed by atoms with van der Waals surface area (Å²) < 4.78 is 0. The van der Waals surface area contributed by atoms with Gasteiger partial charge in [0.25, 0.3) is 0 Å². The molecule has 0 saturated heterocycles. The van der Waals surface area contributed by atoms with E-state index < -0.39 is 12.2 Å². The molecule has 0 aliphatic rings. The van der Waals surface area contributed by atoms with Gasteiger partial charge in [-0.15, -0.1) is 0 Å². The van der Waals surface area contributed by atoms with Gasteiger partial charge in [0.1, 0.15) is 6.10 Å². The molecule has 0 heterocycles. The molecule has 18 heavy (non-hydrogen) atoms. The Labute approximate surface area is 105 Å². The summed E-state index contributed by atoms with van der Waals surface area (Å²) in [4.78, 5) is 2.58. The first-order valence-electron chi connectivity index (χ1n) is 5.47. The molecule has 0 radical (unpaired) electrons. The predicted molar refractivity (Wildman–Crippen MR) is 65.5 cm³/mol. The number of aliphatic hydroxyl groups excluding tert-OH is 2. The Morgan fingerprint density at radius 1 is 1.50 bits per heavy atom. The lowest BCUT2D eigenvalue weighted by Gasteiger charge is -2.19. The van der Waals surface area contributed by atoms with Crippen LogP contribution in [0.25, 0.3) is 10.4 Å². The maximum atomic E-state index is 9.97. The number of nitrogens with zero attached hydrogens (tertiary/aromatic N) is 4. The molecule has 2 atom stereocenters. The van der Waals surface area contributed by atoms with E-state index in [-0.39, 0.29) is 13.0 Å². The molecule has 2 N–H and O–H groups in total. The summed E-state index contributed by atoms with van der Waals surface area (Å²) in [7, 11) is 0. The number of nitriles is 1. The lowest BCUT2D eigenvalue weighted by atomic mass is 9.96. The lowest BCUT2D eigenvalue weighted by Crippen LogP contribution is -2.20. The van der Waals surface area contributed by atoms with E-state index in [1.165, 1.54) is 0 Å². The van der Waals surface area contributed by atoms with E-state index in [1.807, 2.05) is 6.07 Å². The van der Waals surface area contributed by atoms with Crippen LogP contribution in [0.5, 0.6) is 0 Å². The Kier molecular flexibility index (Phi) is 5.15. The van der Waals surface area contributed by atoms with E-state index in [4.69, 9.17) is 10.8 Å². The Morgan fingerprint density at radius 3 is 2.78 bits per heavy atom. The standard InChI is InChI=1S/C12H14N4O2/c1-8-6-9(7-13)2-3-10(8)12(18)11(17)4-5-15-16-14/h2-3,6,11-12,17-18H,4-5H2,1H3. The molecule has 2 unspecified atom stereocenters. The Hall–Kier alpha value is -2.06. The summed E-state index contributed by atoms with van der Waals surface area (Å²) in [6, 6.07) is 6.87. The van der Waals surface area contributed by atoms with Crippen molar-refractivity contribution in [1.82, 2.24) is 0 Å². The van der Waals surface area contributed by atoms with Gasteiger partial charge < -0.3 is 10.2 Å². The van der Waals surface area contributed by atoms with Crippen molar-refractivity contribution in [2.45, 2.75) is 25.6 Å². The fourth-order valence-corrected chi connectivity index (χ4v) is 1.68. The summed E-state index contributed by atoms with van der Waals surface area (Å²) in [5.74, 6) is 0. The van der Waals surface area contributed by atoms with Gasteiger partial charge >= 0.3 is 0 Å². The van der Waals surface area contributed by atoms with Crippen molar-refractivity contribution in [1.29, 1.82) is 5.26 Å². The Morgan fingerprint density at radius 2 is 2.22 bits per heavy atom. The fourth-order valence-electron chi connectivity index (χ4n) is 1.68. The van der Waals surface area contributed by atoms with Gasteiger partial charge in [0.15, 0.2) is 0 Å². The molecule has 94 valence electrons. The molecule has 1 aromatic carbocycles. The third kappa shape index (κ3) is 3.47. The van der Waals surface area contributed by atoms with Gasteiger partial charge in [0, 0.05) is 11.5 Å². The first-order chi connectivity index (χ1) is 8.60. The molecule has 1 rings (SSSR count). The molecule has 0 spiro atoms. The average Bonchev–Trinajstić information content (AvgIpc) is 2.38. The molecule has 1 aromatic rings. The molecular formula is C12H14N4O2. The topological polar surface area (TPSA) is 113 Å².